The minimum absolute atomic E-state index is 0.0359. The molecule has 214 valence electrons. The van der Waals surface area contributed by atoms with Crippen molar-refractivity contribution in [2.75, 3.05) is 5.32 Å². The molecule has 2 N–H and O–H groups in total. The van der Waals surface area contributed by atoms with Crippen LogP contribution >= 0.6 is 12.2 Å². The van der Waals surface area contributed by atoms with Gasteiger partial charge in [0, 0.05) is 18.8 Å². The second-order valence-electron chi connectivity index (χ2n) is 10.4. The van der Waals surface area contributed by atoms with Crippen molar-refractivity contribution < 1.29 is 31.1 Å². The van der Waals surface area contributed by atoms with Crippen molar-refractivity contribution in [3.05, 3.63) is 101 Å². The van der Waals surface area contributed by atoms with Crippen LogP contribution < -0.4 is 10.6 Å². The summed E-state index contributed by atoms with van der Waals surface area (Å²) in [5.41, 5.74) is -2.45. The van der Waals surface area contributed by atoms with Crippen LogP contribution in [0.15, 0.2) is 78.9 Å². The smallest absolute Gasteiger partial charge is 0.350 e. The van der Waals surface area contributed by atoms with E-state index in [9.17, 15) is 31.1 Å². The molecule has 1 atom stereocenters. The van der Waals surface area contributed by atoms with E-state index < -0.39 is 40.6 Å². The zero-order valence-electron chi connectivity index (χ0n) is 22.0. The number of nitrogens with zero attached hydrogens (tertiary/aromatic N) is 1. The molecule has 0 fully saturated rings. The lowest BCUT2D eigenvalue weighted by atomic mass is 9.85. The highest BCUT2D eigenvalue weighted by Crippen LogP contribution is 2.37. The fraction of sp³-hybridized carbons (Fsp3) is 0.310. The van der Waals surface area contributed by atoms with Crippen LogP contribution in [0.5, 0.6) is 0 Å². The minimum Gasteiger partial charge on any atom is -0.350 e. The highest BCUT2D eigenvalue weighted by Gasteiger charge is 2.38. The SMILES string of the molecule is CC(C)(C)[C@H](NC(=S)Nc1cc(C(F)(F)F)cc(C(F)(F)F)c1)C(=O)N(Cc1ccccc1)Cc1ccccc1. The number of hydrogen-bond acceptors (Lipinski definition) is 2. The summed E-state index contributed by atoms with van der Waals surface area (Å²) in [5, 5.41) is 4.96. The molecule has 3 aromatic carbocycles. The van der Waals surface area contributed by atoms with Gasteiger partial charge in [-0.15, -0.1) is 0 Å². The summed E-state index contributed by atoms with van der Waals surface area (Å²) in [6.45, 7) is 5.87. The van der Waals surface area contributed by atoms with Gasteiger partial charge < -0.3 is 15.5 Å². The first kappa shape index (κ1) is 30.9. The number of amides is 1. The van der Waals surface area contributed by atoms with Gasteiger partial charge in [-0.25, -0.2) is 0 Å². The van der Waals surface area contributed by atoms with Gasteiger partial charge >= 0.3 is 12.4 Å². The summed E-state index contributed by atoms with van der Waals surface area (Å²) in [5.74, 6) is -0.343. The summed E-state index contributed by atoms with van der Waals surface area (Å²) in [6, 6.07) is 18.8. The molecule has 0 aliphatic carbocycles. The molecule has 40 heavy (non-hydrogen) atoms. The zero-order chi connectivity index (χ0) is 29.7. The van der Waals surface area contributed by atoms with Crippen molar-refractivity contribution in [2.45, 2.75) is 52.3 Å². The van der Waals surface area contributed by atoms with E-state index in [4.69, 9.17) is 12.2 Å². The third kappa shape index (κ3) is 8.70. The molecule has 0 saturated carbocycles. The first-order valence-corrected chi connectivity index (χ1v) is 12.7. The van der Waals surface area contributed by atoms with Crippen molar-refractivity contribution in [3.63, 3.8) is 0 Å². The molecule has 0 spiro atoms. The van der Waals surface area contributed by atoms with Gasteiger partial charge in [-0.2, -0.15) is 26.3 Å². The Morgan fingerprint density at radius 3 is 1.57 bits per heavy atom. The van der Waals surface area contributed by atoms with Crippen molar-refractivity contribution in [2.24, 2.45) is 5.41 Å². The van der Waals surface area contributed by atoms with E-state index in [1.54, 1.807) is 25.7 Å². The van der Waals surface area contributed by atoms with E-state index >= 15 is 0 Å². The highest BCUT2D eigenvalue weighted by molar-refractivity contribution is 7.80. The fourth-order valence-electron chi connectivity index (χ4n) is 3.98. The molecule has 0 aromatic heterocycles. The standard InChI is InChI=1S/C29H29F6N3OS/c1-27(2,3)24(25(39)38(17-19-10-6-4-7-11-19)18-20-12-8-5-9-13-20)37-26(40)36-23-15-21(28(30,31)32)14-22(16-23)29(33,34)35/h4-16,24H,17-18H2,1-3H3,(H2,36,37,40)/t24-/m1/s1. The Labute approximate surface area is 234 Å². The van der Waals surface area contributed by atoms with Crippen LogP contribution in [0.3, 0.4) is 0 Å². The number of carbonyl (C=O) groups excluding carboxylic acids is 1. The average molecular weight is 582 g/mol. The number of rotatable bonds is 7. The second-order valence-corrected chi connectivity index (χ2v) is 10.8. The average Bonchev–Trinajstić information content (AvgIpc) is 2.86. The molecule has 11 heteroatoms. The number of nitrogens with one attached hydrogen (secondary N) is 2. The number of alkyl halides is 6. The number of carbonyl (C=O) groups is 1. The highest BCUT2D eigenvalue weighted by atomic mass is 32.1. The molecule has 0 bridgehead atoms. The van der Waals surface area contributed by atoms with E-state index in [-0.39, 0.29) is 30.2 Å². The van der Waals surface area contributed by atoms with Crippen LogP contribution in [0.4, 0.5) is 32.0 Å². The molecule has 3 rings (SSSR count). The topological polar surface area (TPSA) is 44.4 Å². The summed E-state index contributed by atoms with van der Waals surface area (Å²) >= 11 is 5.26. The summed E-state index contributed by atoms with van der Waals surface area (Å²) < 4.78 is 79.8. The van der Waals surface area contributed by atoms with Gasteiger partial charge in [0.15, 0.2) is 5.11 Å². The first-order valence-electron chi connectivity index (χ1n) is 12.3. The number of benzene rings is 3. The Morgan fingerprint density at radius 1 is 0.775 bits per heavy atom. The van der Waals surface area contributed by atoms with Gasteiger partial charge in [-0.1, -0.05) is 81.4 Å². The van der Waals surface area contributed by atoms with E-state index in [1.807, 2.05) is 60.7 Å². The predicted octanol–water partition coefficient (Wildman–Crippen LogP) is 7.65. The number of hydrogen-bond donors (Lipinski definition) is 2. The minimum atomic E-state index is -5.01. The van der Waals surface area contributed by atoms with Crippen molar-refractivity contribution in [1.82, 2.24) is 10.2 Å². The monoisotopic (exact) mass is 581 g/mol. The zero-order valence-corrected chi connectivity index (χ0v) is 22.8. The molecule has 0 heterocycles. The van der Waals surface area contributed by atoms with E-state index in [0.717, 1.165) is 11.1 Å². The van der Waals surface area contributed by atoms with Crippen molar-refractivity contribution >= 4 is 28.9 Å². The van der Waals surface area contributed by atoms with Crippen LogP contribution in [-0.2, 0) is 30.2 Å². The van der Waals surface area contributed by atoms with E-state index in [0.29, 0.717) is 12.1 Å². The third-order valence-electron chi connectivity index (χ3n) is 5.98. The Balaban J connectivity index is 1.89. The number of thiocarbonyl (C=S) groups is 1. The molecule has 4 nitrogen and oxygen atoms in total. The van der Waals surface area contributed by atoms with Crippen LogP contribution in [0.25, 0.3) is 0 Å². The van der Waals surface area contributed by atoms with Gasteiger partial charge in [0.2, 0.25) is 5.91 Å². The Hall–Kier alpha value is -3.60. The molecule has 1 amide bonds. The fourth-order valence-corrected chi connectivity index (χ4v) is 4.21. The van der Waals surface area contributed by atoms with Crippen LogP contribution in [-0.4, -0.2) is 22.0 Å². The third-order valence-corrected chi connectivity index (χ3v) is 6.20. The molecule has 0 unspecified atom stereocenters. The lowest BCUT2D eigenvalue weighted by molar-refractivity contribution is -0.143. The Bertz CT molecular complexity index is 1230. The molecule has 0 aliphatic rings. The van der Waals surface area contributed by atoms with Crippen LogP contribution in [0, 0.1) is 5.41 Å². The lowest BCUT2D eigenvalue weighted by Crippen LogP contribution is -2.55. The van der Waals surface area contributed by atoms with Crippen molar-refractivity contribution in [3.8, 4) is 0 Å². The van der Waals surface area contributed by atoms with Gasteiger partial charge in [0.25, 0.3) is 0 Å². The van der Waals surface area contributed by atoms with Gasteiger partial charge in [0.1, 0.15) is 6.04 Å². The van der Waals surface area contributed by atoms with Crippen LogP contribution in [0.1, 0.15) is 43.0 Å². The molecule has 0 radical (unpaired) electrons. The van der Waals surface area contributed by atoms with Gasteiger partial charge in [-0.05, 0) is 47.0 Å². The predicted molar refractivity (Wildman–Crippen MR) is 146 cm³/mol. The molecular weight excluding hydrogens is 552 g/mol. The maximum Gasteiger partial charge on any atom is 0.416 e. The van der Waals surface area contributed by atoms with E-state index in [2.05, 4.69) is 10.6 Å². The molecular formula is C29H29F6N3OS. The van der Waals surface area contributed by atoms with Crippen LogP contribution in [0.2, 0.25) is 0 Å². The maximum atomic E-state index is 13.9. The summed E-state index contributed by atoms with van der Waals surface area (Å²) in [7, 11) is 0. The Morgan fingerprint density at radius 2 is 1.20 bits per heavy atom. The molecule has 3 aromatic rings. The maximum absolute atomic E-state index is 13.9. The summed E-state index contributed by atoms with van der Waals surface area (Å²) in [4.78, 5) is 15.6. The lowest BCUT2D eigenvalue weighted by Gasteiger charge is -2.36. The largest absolute Gasteiger partial charge is 0.416 e. The number of halogens is 6. The van der Waals surface area contributed by atoms with Gasteiger partial charge in [0.05, 0.1) is 11.1 Å². The second kappa shape index (κ2) is 12.3. The van der Waals surface area contributed by atoms with Gasteiger partial charge in [-0.3, -0.25) is 4.79 Å². The quantitative estimate of drug-likeness (QED) is 0.222. The summed E-state index contributed by atoms with van der Waals surface area (Å²) in [6.07, 6.45) is -10.0. The Kier molecular flexibility index (Phi) is 9.50. The number of anilines is 1. The molecule has 0 saturated heterocycles. The molecule has 0 aliphatic heterocycles. The first-order chi connectivity index (χ1) is 18.5. The normalized spacial score (nSPS) is 12.9. The van der Waals surface area contributed by atoms with E-state index in [1.165, 1.54) is 0 Å². The van der Waals surface area contributed by atoms with Crippen molar-refractivity contribution in [1.29, 1.82) is 0 Å².